The van der Waals surface area contributed by atoms with Gasteiger partial charge in [0.1, 0.15) is 0 Å². The van der Waals surface area contributed by atoms with E-state index in [1.54, 1.807) is 4.90 Å². The molecule has 0 saturated heterocycles. The summed E-state index contributed by atoms with van der Waals surface area (Å²) in [5.74, 6) is -0.909. The molecule has 0 aliphatic carbocycles. The van der Waals surface area contributed by atoms with Crippen molar-refractivity contribution in [1.82, 2.24) is 0 Å². The van der Waals surface area contributed by atoms with Crippen LogP contribution in [0.5, 0.6) is 0 Å². The van der Waals surface area contributed by atoms with E-state index < -0.39 is 11.7 Å². The number of rotatable bonds is 3. The Labute approximate surface area is 159 Å². The third kappa shape index (κ3) is 2.66. The van der Waals surface area contributed by atoms with E-state index >= 15 is 0 Å². The van der Waals surface area contributed by atoms with Gasteiger partial charge >= 0.3 is 0 Å². The van der Waals surface area contributed by atoms with Crippen molar-refractivity contribution in [3.05, 3.63) is 99.1 Å². The second kappa shape index (κ2) is 6.44. The lowest BCUT2D eigenvalue weighted by molar-refractivity contribution is -0.114. The van der Waals surface area contributed by atoms with Gasteiger partial charge in [0, 0.05) is 3.57 Å². The number of amides is 1. The highest BCUT2D eigenvalue weighted by Crippen LogP contribution is 2.40. The Hall–Kier alpha value is -2.47. The Morgan fingerprint density at radius 2 is 1.28 bits per heavy atom. The van der Waals surface area contributed by atoms with Crippen LogP contribution in [0.4, 0.5) is 5.69 Å². The van der Waals surface area contributed by atoms with Gasteiger partial charge in [-0.25, -0.2) is 0 Å². The van der Waals surface area contributed by atoms with Crippen molar-refractivity contribution in [2.24, 2.45) is 0 Å². The average molecular weight is 439 g/mol. The normalized spacial score (nSPS) is 13.4. The molecule has 122 valence electrons. The number of fused-ring (bicyclic) bond motifs is 1. The third-order valence-electron chi connectivity index (χ3n) is 4.38. The first-order valence-electron chi connectivity index (χ1n) is 7.95. The number of Topliss-reactive ketones (excluding diaryl/α,β-unsaturated/α-hetero) is 1. The molecule has 0 unspecified atom stereocenters. The van der Waals surface area contributed by atoms with Crippen LogP contribution in [0.25, 0.3) is 0 Å². The number of ketones is 1. The number of hydrogen-bond acceptors (Lipinski definition) is 2. The van der Waals surface area contributed by atoms with Crippen LogP contribution in [0.15, 0.2) is 78.9 Å². The van der Waals surface area contributed by atoms with E-state index in [1.165, 1.54) is 0 Å². The van der Waals surface area contributed by atoms with E-state index in [0.717, 1.165) is 14.7 Å². The molecular formula is C21H14INO2. The molecule has 1 amide bonds. The minimum Gasteiger partial charge on any atom is -0.293 e. The molecule has 1 aliphatic heterocycles. The predicted molar refractivity (Wildman–Crippen MR) is 106 cm³/mol. The minimum atomic E-state index is -0.475. The maximum absolute atomic E-state index is 12.9. The molecule has 0 spiro atoms. The first-order valence-corrected chi connectivity index (χ1v) is 9.02. The van der Waals surface area contributed by atoms with E-state index in [1.807, 2.05) is 78.9 Å². The zero-order valence-electron chi connectivity index (χ0n) is 13.2. The third-order valence-corrected chi connectivity index (χ3v) is 5.28. The Bertz CT molecular complexity index is 915. The summed E-state index contributed by atoms with van der Waals surface area (Å²) < 4.78 is 0.802. The van der Waals surface area contributed by atoms with Gasteiger partial charge in [0.15, 0.2) is 0 Å². The van der Waals surface area contributed by atoms with Crippen LogP contribution in [0.3, 0.4) is 0 Å². The van der Waals surface area contributed by atoms with E-state index in [0.29, 0.717) is 11.3 Å². The Morgan fingerprint density at radius 1 is 0.720 bits per heavy atom. The Balaban J connectivity index is 1.94. The van der Waals surface area contributed by atoms with Crippen molar-refractivity contribution in [2.75, 3.05) is 4.90 Å². The summed E-state index contributed by atoms with van der Waals surface area (Å²) in [6, 6.07) is 24.9. The van der Waals surface area contributed by atoms with E-state index in [9.17, 15) is 9.59 Å². The minimum absolute atomic E-state index is 0.335. The molecule has 4 rings (SSSR count). The van der Waals surface area contributed by atoms with Gasteiger partial charge in [0.2, 0.25) is 0 Å². The van der Waals surface area contributed by atoms with Crippen LogP contribution in [-0.4, -0.2) is 11.7 Å². The molecule has 0 fully saturated rings. The molecule has 0 N–H and O–H groups in total. The first kappa shape index (κ1) is 16.0. The average Bonchev–Trinajstić information content (AvgIpc) is 2.90. The van der Waals surface area contributed by atoms with Gasteiger partial charge in [0.25, 0.3) is 11.7 Å². The van der Waals surface area contributed by atoms with Gasteiger partial charge in [-0.2, -0.15) is 0 Å². The van der Waals surface area contributed by atoms with E-state index in [-0.39, 0.29) is 6.04 Å². The molecule has 3 aromatic rings. The van der Waals surface area contributed by atoms with Gasteiger partial charge in [0.05, 0.1) is 17.3 Å². The topological polar surface area (TPSA) is 37.4 Å². The fourth-order valence-corrected chi connectivity index (χ4v) is 4.01. The highest BCUT2D eigenvalue weighted by Gasteiger charge is 2.41. The largest absolute Gasteiger partial charge is 0.300 e. The first-order chi connectivity index (χ1) is 12.2. The molecule has 0 aromatic heterocycles. The van der Waals surface area contributed by atoms with Crippen molar-refractivity contribution < 1.29 is 9.59 Å². The summed E-state index contributed by atoms with van der Waals surface area (Å²) in [6.07, 6.45) is 0. The lowest BCUT2D eigenvalue weighted by Crippen LogP contribution is -2.34. The fourth-order valence-electron chi connectivity index (χ4n) is 3.28. The maximum atomic E-state index is 12.9. The number of hydrogen-bond donors (Lipinski definition) is 0. The van der Waals surface area contributed by atoms with E-state index in [4.69, 9.17) is 0 Å². The number of anilines is 1. The summed E-state index contributed by atoms with van der Waals surface area (Å²) >= 11 is 2.11. The standard InChI is InChI=1S/C21H14INO2/c22-16-12-7-13-17-18(16)20(24)21(25)23(17)19(14-8-3-1-4-9-14)15-10-5-2-6-11-15/h1-13,19H. The second-order valence-corrected chi connectivity index (χ2v) is 7.02. The summed E-state index contributed by atoms with van der Waals surface area (Å²) in [5.41, 5.74) is 3.13. The number of carbonyl (C=O) groups excluding carboxylic acids is 2. The van der Waals surface area contributed by atoms with E-state index in [2.05, 4.69) is 22.6 Å². The van der Waals surface area contributed by atoms with Crippen LogP contribution < -0.4 is 4.90 Å². The zero-order valence-corrected chi connectivity index (χ0v) is 15.4. The van der Waals surface area contributed by atoms with Gasteiger partial charge in [-0.1, -0.05) is 66.7 Å². The maximum Gasteiger partial charge on any atom is 0.300 e. The second-order valence-electron chi connectivity index (χ2n) is 5.86. The molecule has 0 bridgehead atoms. The van der Waals surface area contributed by atoms with Gasteiger partial charge in [-0.05, 0) is 45.9 Å². The molecule has 25 heavy (non-hydrogen) atoms. The molecule has 0 atom stereocenters. The fraction of sp³-hybridized carbons (Fsp3) is 0.0476. The molecule has 1 heterocycles. The van der Waals surface area contributed by atoms with Crippen molar-refractivity contribution in [3.8, 4) is 0 Å². The highest BCUT2D eigenvalue weighted by atomic mass is 127. The molecule has 3 aromatic carbocycles. The summed E-state index contributed by atoms with van der Waals surface area (Å²) in [4.78, 5) is 27.1. The number of carbonyl (C=O) groups is 2. The van der Waals surface area contributed by atoms with Crippen LogP contribution in [0.2, 0.25) is 0 Å². The SMILES string of the molecule is O=C1C(=O)N(C(c2ccccc2)c2ccccc2)c2cccc(I)c21. The smallest absolute Gasteiger partial charge is 0.293 e. The molecule has 3 nitrogen and oxygen atoms in total. The molecular weight excluding hydrogens is 425 g/mol. The van der Waals surface area contributed by atoms with Gasteiger partial charge in [-0.15, -0.1) is 0 Å². The summed E-state index contributed by atoms with van der Waals surface area (Å²) in [5, 5.41) is 0. The lowest BCUT2D eigenvalue weighted by atomic mass is 9.97. The predicted octanol–water partition coefficient (Wildman–Crippen LogP) is 4.61. The summed E-state index contributed by atoms with van der Waals surface area (Å²) in [6.45, 7) is 0. The Morgan fingerprint density at radius 3 is 1.84 bits per heavy atom. The van der Waals surface area contributed by atoms with Crippen molar-refractivity contribution >= 4 is 40.0 Å². The molecule has 1 aliphatic rings. The Kier molecular flexibility index (Phi) is 4.13. The van der Waals surface area contributed by atoms with Crippen molar-refractivity contribution in [1.29, 1.82) is 0 Å². The molecule has 0 saturated carbocycles. The quantitative estimate of drug-likeness (QED) is 0.442. The number of benzene rings is 3. The van der Waals surface area contributed by atoms with Crippen molar-refractivity contribution in [3.63, 3.8) is 0 Å². The van der Waals surface area contributed by atoms with Crippen LogP contribution in [0.1, 0.15) is 27.5 Å². The monoisotopic (exact) mass is 439 g/mol. The number of halogens is 1. The molecule has 4 heteroatoms. The number of nitrogens with zero attached hydrogens (tertiary/aromatic N) is 1. The van der Waals surface area contributed by atoms with Crippen LogP contribution >= 0.6 is 22.6 Å². The highest BCUT2D eigenvalue weighted by molar-refractivity contribution is 14.1. The van der Waals surface area contributed by atoms with Crippen molar-refractivity contribution in [2.45, 2.75) is 6.04 Å². The lowest BCUT2D eigenvalue weighted by Gasteiger charge is -2.29. The van der Waals surface area contributed by atoms with Gasteiger partial charge < -0.3 is 0 Å². The van der Waals surface area contributed by atoms with Crippen LogP contribution in [-0.2, 0) is 4.79 Å². The summed E-state index contributed by atoms with van der Waals surface area (Å²) in [7, 11) is 0. The van der Waals surface area contributed by atoms with Crippen LogP contribution in [0, 0.1) is 3.57 Å². The van der Waals surface area contributed by atoms with Gasteiger partial charge in [-0.3, -0.25) is 14.5 Å². The zero-order chi connectivity index (χ0) is 17.4. The molecule has 0 radical (unpaired) electrons.